The molecule has 1 amide bonds. The third-order valence-electron chi connectivity index (χ3n) is 3.07. The van der Waals surface area contributed by atoms with Crippen LogP contribution in [0.4, 0.5) is 0 Å². The van der Waals surface area contributed by atoms with Crippen LogP contribution in [0.3, 0.4) is 0 Å². The highest BCUT2D eigenvalue weighted by atomic mass is 16.1. The van der Waals surface area contributed by atoms with Gasteiger partial charge < -0.3 is 10.2 Å². The van der Waals surface area contributed by atoms with Crippen molar-refractivity contribution in [2.75, 3.05) is 19.6 Å². The number of nitrogens with zero attached hydrogens (tertiary/aromatic N) is 1. The quantitative estimate of drug-likeness (QED) is 0.645. The Balaban J connectivity index is 1.98. The summed E-state index contributed by atoms with van der Waals surface area (Å²) in [5.41, 5.74) is 0.160. The number of rotatable bonds is 2. The number of piperidine rings is 1. The third-order valence-corrected chi connectivity index (χ3v) is 3.07. The standard InChI is InChI=1S/C9H16N2O/c1-2-8(12)10-9-3-5-11(7-9)6-4-9/h2-7H2,1H3,(H,10,12). The van der Waals surface area contributed by atoms with Gasteiger partial charge in [0.1, 0.15) is 0 Å². The summed E-state index contributed by atoms with van der Waals surface area (Å²) in [5.74, 6) is 0.207. The molecular formula is C9H16N2O. The van der Waals surface area contributed by atoms with E-state index in [2.05, 4.69) is 10.2 Å². The van der Waals surface area contributed by atoms with E-state index in [4.69, 9.17) is 0 Å². The molecule has 0 saturated carbocycles. The summed E-state index contributed by atoms with van der Waals surface area (Å²) < 4.78 is 0. The van der Waals surface area contributed by atoms with Gasteiger partial charge in [-0.3, -0.25) is 4.79 Å². The van der Waals surface area contributed by atoms with Crippen LogP contribution in [0, 0.1) is 0 Å². The Bertz CT molecular complexity index is 195. The van der Waals surface area contributed by atoms with Crippen molar-refractivity contribution in [3.63, 3.8) is 0 Å². The molecule has 0 spiro atoms. The van der Waals surface area contributed by atoms with Crippen LogP contribution >= 0.6 is 0 Å². The number of carbonyl (C=O) groups excluding carboxylic acids is 1. The molecule has 0 aliphatic carbocycles. The third kappa shape index (κ3) is 1.22. The van der Waals surface area contributed by atoms with Crippen molar-refractivity contribution in [3.05, 3.63) is 0 Å². The Morgan fingerprint density at radius 3 is 2.58 bits per heavy atom. The molecule has 0 unspecified atom stereocenters. The topological polar surface area (TPSA) is 32.3 Å². The van der Waals surface area contributed by atoms with Crippen LogP contribution in [0.5, 0.6) is 0 Å². The molecule has 0 aromatic carbocycles. The molecule has 0 aromatic heterocycles. The zero-order valence-corrected chi connectivity index (χ0v) is 7.60. The number of amides is 1. The van der Waals surface area contributed by atoms with E-state index in [0.29, 0.717) is 6.42 Å². The lowest BCUT2D eigenvalue weighted by molar-refractivity contribution is -0.122. The minimum absolute atomic E-state index is 0.160. The van der Waals surface area contributed by atoms with Gasteiger partial charge in [-0.15, -0.1) is 0 Å². The number of carbonyl (C=O) groups is 1. The molecule has 2 heterocycles. The lowest BCUT2D eigenvalue weighted by atomic mass is 9.95. The second-order valence-electron chi connectivity index (χ2n) is 3.96. The Morgan fingerprint density at radius 1 is 1.50 bits per heavy atom. The second-order valence-corrected chi connectivity index (χ2v) is 3.96. The van der Waals surface area contributed by atoms with Gasteiger partial charge in [-0.05, 0) is 12.8 Å². The Hall–Kier alpha value is -0.570. The molecule has 1 N–H and O–H groups in total. The van der Waals surface area contributed by atoms with Gasteiger partial charge in [0.05, 0.1) is 5.54 Å². The molecule has 0 radical (unpaired) electrons. The average molecular weight is 168 g/mol. The van der Waals surface area contributed by atoms with Crippen molar-refractivity contribution in [1.82, 2.24) is 10.2 Å². The van der Waals surface area contributed by atoms with Crippen molar-refractivity contribution >= 4 is 5.91 Å². The van der Waals surface area contributed by atoms with E-state index in [1.165, 1.54) is 13.1 Å². The number of hydrogen-bond donors (Lipinski definition) is 1. The molecule has 0 aromatic rings. The predicted octanol–water partition coefficient (Wildman–Crippen LogP) is 0.361. The highest BCUT2D eigenvalue weighted by Gasteiger charge is 2.44. The zero-order chi connectivity index (χ0) is 8.60. The van der Waals surface area contributed by atoms with Crippen molar-refractivity contribution in [2.24, 2.45) is 0 Å². The summed E-state index contributed by atoms with van der Waals surface area (Å²) in [6.07, 6.45) is 2.92. The maximum absolute atomic E-state index is 11.2. The molecule has 2 rings (SSSR count). The number of fused-ring (bicyclic) bond motifs is 2. The van der Waals surface area contributed by atoms with Crippen LogP contribution in [0.15, 0.2) is 0 Å². The molecule has 3 heteroatoms. The van der Waals surface area contributed by atoms with E-state index >= 15 is 0 Å². The van der Waals surface area contributed by atoms with Crippen molar-refractivity contribution < 1.29 is 4.79 Å². The van der Waals surface area contributed by atoms with E-state index in [1.807, 2.05) is 6.92 Å². The summed E-state index contributed by atoms with van der Waals surface area (Å²) in [6, 6.07) is 0. The molecule has 0 atom stereocenters. The predicted molar refractivity (Wildman–Crippen MR) is 46.8 cm³/mol. The highest BCUT2D eigenvalue weighted by molar-refractivity contribution is 5.76. The Kier molecular flexibility index (Phi) is 1.83. The normalized spacial score (nSPS) is 38.6. The fourth-order valence-corrected chi connectivity index (χ4v) is 2.27. The van der Waals surface area contributed by atoms with Crippen molar-refractivity contribution in [2.45, 2.75) is 31.7 Å². The van der Waals surface area contributed by atoms with Gasteiger partial charge in [0.25, 0.3) is 0 Å². The molecular weight excluding hydrogens is 152 g/mol. The van der Waals surface area contributed by atoms with Gasteiger partial charge in [0, 0.05) is 26.1 Å². The molecule has 2 saturated heterocycles. The average Bonchev–Trinajstić information content (AvgIpc) is 2.63. The molecule has 2 aliphatic heterocycles. The van der Waals surface area contributed by atoms with E-state index in [-0.39, 0.29) is 11.4 Å². The lowest BCUT2D eigenvalue weighted by Crippen LogP contribution is -2.47. The molecule has 2 fully saturated rings. The molecule has 2 aliphatic rings. The summed E-state index contributed by atoms with van der Waals surface area (Å²) in [5, 5.41) is 3.15. The molecule has 2 bridgehead atoms. The Morgan fingerprint density at radius 2 is 2.17 bits per heavy atom. The minimum Gasteiger partial charge on any atom is -0.349 e. The second kappa shape index (κ2) is 2.73. The first-order valence-corrected chi connectivity index (χ1v) is 4.77. The van der Waals surface area contributed by atoms with Gasteiger partial charge in [-0.2, -0.15) is 0 Å². The largest absolute Gasteiger partial charge is 0.349 e. The van der Waals surface area contributed by atoms with Gasteiger partial charge in [0.2, 0.25) is 5.91 Å². The lowest BCUT2D eigenvalue weighted by Gasteiger charge is -2.26. The van der Waals surface area contributed by atoms with E-state index < -0.39 is 0 Å². The summed E-state index contributed by atoms with van der Waals surface area (Å²) in [4.78, 5) is 13.6. The summed E-state index contributed by atoms with van der Waals surface area (Å²) in [7, 11) is 0. The first-order valence-electron chi connectivity index (χ1n) is 4.77. The SMILES string of the molecule is CCC(=O)NC12CCN(CC1)C2. The maximum atomic E-state index is 11.2. The monoisotopic (exact) mass is 168 g/mol. The van der Waals surface area contributed by atoms with E-state index in [1.54, 1.807) is 0 Å². The van der Waals surface area contributed by atoms with Crippen LogP contribution in [0.2, 0.25) is 0 Å². The first kappa shape index (κ1) is 8.05. The van der Waals surface area contributed by atoms with Crippen molar-refractivity contribution in [3.8, 4) is 0 Å². The Labute approximate surface area is 73.1 Å². The number of nitrogens with one attached hydrogen (secondary N) is 1. The zero-order valence-electron chi connectivity index (χ0n) is 7.60. The van der Waals surface area contributed by atoms with Crippen LogP contribution in [0.25, 0.3) is 0 Å². The highest BCUT2D eigenvalue weighted by Crippen LogP contribution is 2.31. The smallest absolute Gasteiger partial charge is 0.220 e. The van der Waals surface area contributed by atoms with Crippen LogP contribution in [0.1, 0.15) is 26.2 Å². The van der Waals surface area contributed by atoms with Crippen LogP contribution in [-0.2, 0) is 4.79 Å². The summed E-state index contributed by atoms with van der Waals surface area (Å²) in [6.45, 7) is 5.33. The van der Waals surface area contributed by atoms with Gasteiger partial charge in [0.15, 0.2) is 0 Å². The van der Waals surface area contributed by atoms with Crippen LogP contribution in [-0.4, -0.2) is 36.0 Å². The van der Waals surface area contributed by atoms with E-state index in [0.717, 1.165) is 19.4 Å². The van der Waals surface area contributed by atoms with Gasteiger partial charge >= 0.3 is 0 Å². The fourth-order valence-electron chi connectivity index (χ4n) is 2.27. The maximum Gasteiger partial charge on any atom is 0.220 e. The first-order chi connectivity index (χ1) is 5.74. The van der Waals surface area contributed by atoms with Crippen LogP contribution < -0.4 is 5.32 Å². The summed E-state index contributed by atoms with van der Waals surface area (Å²) >= 11 is 0. The molecule has 12 heavy (non-hydrogen) atoms. The molecule has 3 nitrogen and oxygen atoms in total. The minimum atomic E-state index is 0.160. The van der Waals surface area contributed by atoms with E-state index in [9.17, 15) is 4.79 Å². The molecule has 68 valence electrons. The fraction of sp³-hybridized carbons (Fsp3) is 0.889. The number of hydrogen-bond acceptors (Lipinski definition) is 2. The van der Waals surface area contributed by atoms with Crippen molar-refractivity contribution in [1.29, 1.82) is 0 Å². The van der Waals surface area contributed by atoms with Gasteiger partial charge in [-0.25, -0.2) is 0 Å². The van der Waals surface area contributed by atoms with Gasteiger partial charge in [-0.1, -0.05) is 6.92 Å².